The number of aryl methyl sites for hydroxylation is 1. The SMILES string of the molecule is COC(=O)c1cccc(Nc2nc(C)cc(Nc3ccccc3C(C)(C)C)n2)c1. The maximum Gasteiger partial charge on any atom is 0.337 e. The second-order valence-electron chi connectivity index (χ2n) is 7.84. The smallest absolute Gasteiger partial charge is 0.337 e. The maximum atomic E-state index is 11.8. The Hall–Kier alpha value is -3.41. The van der Waals surface area contributed by atoms with E-state index in [1.165, 1.54) is 12.7 Å². The zero-order valence-electron chi connectivity index (χ0n) is 17.4. The summed E-state index contributed by atoms with van der Waals surface area (Å²) in [5.74, 6) is 0.753. The highest BCUT2D eigenvalue weighted by Gasteiger charge is 2.18. The van der Waals surface area contributed by atoms with E-state index >= 15 is 0 Å². The lowest BCUT2D eigenvalue weighted by atomic mass is 9.86. The molecule has 2 N–H and O–H groups in total. The fourth-order valence-corrected chi connectivity index (χ4v) is 3.04. The van der Waals surface area contributed by atoms with E-state index in [0.29, 0.717) is 23.0 Å². The highest BCUT2D eigenvalue weighted by molar-refractivity contribution is 5.90. The summed E-state index contributed by atoms with van der Waals surface area (Å²) in [5, 5.41) is 6.58. The first-order valence-electron chi connectivity index (χ1n) is 9.44. The molecule has 150 valence electrons. The Morgan fingerprint density at radius 2 is 1.72 bits per heavy atom. The summed E-state index contributed by atoms with van der Waals surface area (Å²) in [6.07, 6.45) is 0. The minimum Gasteiger partial charge on any atom is -0.465 e. The summed E-state index contributed by atoms with van der Waals surface area (Å²) in [6, 6.07) is 17.1. The van der Waals surface area contributed by atoms with Crippen LogP contribution in [0.15, 0.2) is 54.6 Å². The number of para-hydroxylation sites is 1. The van der Waals surface area contributed by atoms with Gasteiger partial charge in [-0.25, -0.2) is 9.78 Å². The zero-order chi connectivity index (χ0) is 21.0. The van der Waals surface area contributed by atoms with Gasteiger partial charge in [0.25, 0.3) is 0 Å². The summed E-state index contributed by atoms with van der Waals surface area (Å²) in [6.45, 7) is 8.46. The van der Waals surface area contributed by atoms with Crippen molar-refractivity contribution in [2.75, 3.05) is 17.7 Å². The molecule has 3 aromatic rings. The Bertz CT molecular complexity index is 1030. The zero-order valence-corrected chi connectivity index (χ0v) is 17.4. The van der Waals surface area contributed by atoms with Gasteiger partial charge in [0.05, 0.1) is 12.7 Å². The van der Waals surface area contributed by atoms with Crippen molar-refractivity contribution in [1.29, 1.82) is 0 Å². The average molecular weight is 390 g/mol. The molecule has 3 rings (SSSR count). The fourth-order valence-electron chi connectivity index (χ4n) is 3.04. The molecule has 29 heavy (non-hydrogen) atoms. The van der Waals surface area contributed by atoms with Crippen LogP contribution in [-0.2, 0) is 10.2 Å². The number of nitrogens with zero attached hydrogens (tertiary/aromatic N) is 2. The summed E-state index contributed by atoms with van der Waals surface area (Å²) in [5.41, 5.74) is 4.21. The molecular weight excluding hydrogens is 364 g/mol. The van der Waals surface area contributed by atoms with Crippen molar-refractivity contribution in [2.45, 2.75) is 33.1 Å². The van der Waals surface area contributed by atoms with Crippen molar-refractivity contribution in [3.05, 3.63) is 71.4 Å². The number of ether oxygens (including phenoxy) is 1. The van der Waals surface area contributed by atoms with Gasteiger partial charge in [-0.3, -0.25) is 0 Å². The molecule has 6 heteroatoms. The predicted molar refractivity (Wildman–Crippen MR) is 116 cm³/mol. The van der Waals surface area contributed by atoms with Gasteiger partial charge in [-0.15, -0.1) is 0 Å². The van der Waals surface area contributed by atoms with Crippen molar-refractivity contribution >= 4 is 29.1 Å². The predicted octanol–water partition coefficient (Wildman–Crippen LogP) is 5.36. The van der Waals surface area contributed by atoms with Crippen molar-refractivity contribution in [3.8, 4) is 0 Å². The maximum absolute atomic E-state index is 11.8. The number of hydrogen-bond donors (Lipinski definition) is 2. The molecule has 0 bridgehead atoms. The second-order valence-corrected chi connectivity index (χ2v) is 7.84. The van der Waals surface area contributed by atoms with E-state index < -0.39 is 0 Å². The van der Waals surface area contributed by atoms with Gasteiger partial charge in [0.2, 0.25) is 5.95 Å². The number of rotatable bonds is 5. The molecule has 1 aromatic heterocycles. The van der Waals surface area contributed by atoms with Crippen LogP contribution in [0.3, 0.4) is 0 Å². The molecule has 0 radical (unpaired) electrons. The third-order valence-corrected chi connectivity index (χ3v) is 4.39. The van der Waals surface area contributed by atoms with Crippen LogP contribution >= 0.6 is 0 Å². The molecule has 2 aromatic carbocycles. The number of esters is 1. The minimum absolute atomic E-state index is 0.00107. The highest BCUT2D eigenvalue weighted by Crippen LogP contribution is 2.31. The summed E-state index contributed by atoms with van der Waals surface area (Å²) < 4.78 is 4.78. The van der Waals surface area contributed by atoms with E-state index in [9.17, 15) is 4.79 Å². The van der Waals surface area contributed by atoms with Crippen molar-refractivity contribution in [3.63, 3.8) is 0 Å². The van der Waals surface area contributed by atoms with Crippen LogP contribution in [0, 0.1) is 6.92 Å². The van der Waals surface area contributed by atoms with Gasteiger partial charge in [0.1, 0.15) is 5.82 Å². The normalized spacial score (nSPS) is 11.1. The van der Waals surface area contributed by atoms with Crippen molar-refractivity contribution < 1.29 is 9.53 Å². The van der Waals surface area contributed by atoms with Crippen molar-refractivity contribution in [2.24, 2.45) is 0 Å². The lowest BCUT2D eigenvalue weighted by molar-refractivity contribution is 0.0601. The monoisotopic (exact) mass is 390 g/mol. The fraction of sp³-hybridized carbons (Fsp3) is 0.261. The molecule has 0 aliphatic heterocycles. The Morgan fingerprint density at radius 1 is 0.966 bits per heavy atom. The molecule has 0 saturated carbocycles. The summed E-state index contributed by atoms with van der Waals surface area (Å²) >= 11 is 0. The first-order valence-corrected chi connectivity index (χ1v) is 9.44. The molecule has 0 aliphatic carbocycles. The number of aromatic nitrogens is 2. The van der Waals surface area contributed by atoms with Gasteiger partial charge in [-0.2, -0.15) is 4.98 Å². The number of hydrogen-bond acceptors (Lipinski definition) is 6. The van der Waals surface area contributed by atoms with E-state index in [1.807, 2.05) is 37.3 Å². The Kier molecular flexibility index (Phi) is 5.82. The van der Waals surface area contributed by atoms with E-state index in [0.717, 1.165) is 11.4 Å². The Labute approximate surface area is 171 Å². The standard InChI is InChI=1S/C23H26N4O2/c1-15-13-20(26-19-12-7-6-11-18(19)23(2,3)4)27-22(24-15)25-17-10-8-9-16(14-17)21(28)29-5/h6-14H,1-5H3,(H2,24,25,26,27). The van der Waals surface area contributed by atoms with E-state index in [4.69, 9.17) is 4.74 Å². The van der Waals surface area contributed by atoms with Gasteiger partial charge < -0.3 is 15.4 Å². The number of carbonyl (C=O) groups is 1. The first kappa shape index (κ1) is 20.3. The molecule has 0 spiro atoms. The number of anilines is 4. The van der Waals surface area contributed by atoms with Gasteiger partial charge in [-0.05, 0) is 42.2 Å². The van der Waals surface area contributed by atoms with E-state index in [1.54, 1.807) is 18.2 Å². The van der Waals surface area contributed by atoms with Crippen LogP contribution in [0.1, 0.15) is 42.4 Å². The van der Waals surface area contributed by atoms with Crippen LogP contribution in [0.4, 0.5) is 23.1 Å². The van der Waals surface area contributed by atoms with Crippen LogP contribution in [0.5, 0.6) is 0 Å². The van der Waals surface area contributed by atoms with Crippen LogP contribution in [-0.4, -0.2) is 23.0 Å². The van der Waals surface area contributed by atoms with Crippen LogP contribution in [0.25, 0.3) is 0 Å². The summed E-state index contributed by atoms with van der Waals surface area (Å²) in [4.78, 5) is 20.8. The van der Waals surface area contributed by atoms with Gasteiger partial charge in [0.15, 0.2) is 0 Å². The van der Waals surface area contributed by atoms with E-state index in [2.05, 4.69) is 47.4 Å². The highest BCUT2D eigenvalue weighted by atomic mass is 16.5. The average Bonchev–Trinajstić information content (AvgIpc) is 2.66. The molecule has 0 saturated heterocycles. The molecular formula is C23H26N4O2. The topological polar surface area (TPSA) is 76.1 Å². The quantitative estimate of drug-likeness (QED) is 0.572. The first-order chi connectivity index (χ1) is 13.8. The third-order valence-electron chi connectivity index (χ3n) is 4.39. The molecule has 0 amide bonds. The van der Waals surface area contributed by atoms with Gasteiger partial charge in [0, 0.05) is 23.1 Å². The van der Waals surface area contributed by atoms with Crippen LogP contribution in [0.2, 0.25) is 0 Å². The number of nitrogens with one attached hydrogen (secondary N) is 2. The molecule has 0 unspecified atom stereocenters. The molecule has 0 aliphatic rings. The number of carbonyl (C=O) groups excluding carboxylic acids is 1. The largest absolute Gasteiger partial charge is 0.465 e. The molecule has 1 heterocycles. The van der Waals surface area contributed by atoms with Gasteiger partial charge >= 0.3 is 5.97 Å². The molecule has 6 nitrogen and oxygen atoms in total. The Morgan fingerprint density at radius 3 is 2.45 bits per heavy atom. The molecule has 0 atom stereocenters. The minimum atomic E-state index is -0.389. The second kappa shape index (κ2) is 8.31. The third kappa shape index (κ3) is 5.10. The summed E-state index contributed by atoms with van der Waals surface area (Å²) in [7, 11) is 1.36. The van der Waals surface area contributed by atoms with E-state index in [-0.39, 0.29) is 11.4 Å². The van der Waals surface area contributed by atoms with Crippen LogP contribution < -0.4 is 10.6 Å². The number of methoxy groups -OCH3 is 1. The molecule has 0 fully saturated rings. The Balaban J connectivity index is 1.88. The number of benzene rings is 2. The lowest BCUT2D eigenvalue weighted by Gasteiger charge is -2.23. The van der Waals surface area contributed by atoms with Crippen molar-refractivity contribution in [1.82, 2.24) is 9.97 Å². The lowest BCUT2D eigenvalue weighted by Crippen LogP contribution is -2.14. The van der Waals surface area contributed by atoms with Gasteiger partial charge in [-0.1, -0.05) is 45.0 Å².